The fourth-order valence-electron chi connectivity index (χ4n) is 2.34. The second-order valence-electron chi connectivity index (χ2n) is 5.07. The number of aryl methyl sites for hydroxylation is 1. The molecule has 2 heterocycles. The SMILES string of the molecule is CCOc1cncc(NCc2cn(C)nc2-c2ccccc2)n1. The molecule has 0 bridgehead atoms. The molecule has 0 fully saturated rings. The summed E-state index contributed by atoms with van der Waals surface area (Å²) >= 11 is 0. The van der Waals surface area contributed by atoms with Gasteiger partial charge in [-0.15, -0.1) is 0 Å². The zero-order valence-electron chi connectivity index (χ0n) is 13.2. The molecule has 2 aromatic heterocycles. The maximum absolute atomic E-state index is 5.37. The van der Waals surface area contributed by atoms with Crippen LogP contribution in [-0.4, -0.2) is 26.4 Å². The zero-order chi connectivity index (χ0) is 16.1. The smallest absolute Gasteiger partial charge is 0.234 e. The first-order valence-corrected chi connectivity index (χ1v) is 7.53. The topological polar surface area (TPSA) is 64.9 Å². The van der Waals surface area contributed by atoms with Crippen LogP contribution in [-0.2, 0) is 13.6 Å². The summed E-state index contributed by atoms with van der Waals surface area (Å²) in [6, 6.07) is 10.1. The largest absolute Gasteiger partial charge is 0.477 e. The van der Waals surface area contributed by atoms with Crippen LogP contribution in [0.25, 0.3) is 11.3 Å². The second-order valence-corrected chi connectivity index (χ2v) is 5.07. The summed E-state index contributed by atoms with van der Waals surface area (Å²) < 4.78 is 7.19. The second kappa shape index (κ2) is 6.91. The molecule has 0 saturated carbocycles. The van der Waals surface area contributed by atoms with Gasteiger partial charge in [-0.25, -0.2) is 0 Å². The van der Waals surface area contributed by atoms with Crippen molar-refractivity contribution in [3.05, 3.63) is 54.5 Å². The standard InChI is InChI=1S/C17H19N5O/c1-3-23-16-11-18-10-15(20-16)19-9-14-12-22(2)21-17(14)13-7-5-4-6-8-13/h4-8,10-12H,3,9H2,1-2H3,(H,19,20). The van der Waals surface area contributed by atoms with Gasteiger partial charge < -0.3 is 10.1 Å². The summed E-state index contributed by atoms with van der Waals surface area (Å²) in [6.07, 6.45) is 5.30. The number of anilines is 1. The third-order valence-corrected chi connectivity index (χ3v) is 3.32. The molecule has 0 atom stereocenters. The van der Waals surface area contributed by atoms with Crippen molar-refractivity contribution in [2.75, 3.05) is 11.9 Å². The van der Waals surface area contributed by atoms with Crippen LogP contribution in [0.3, 0.4) is 0 Å². The summed E-state index contributed by atoms with van der Waals surface area (Å²) in [5.41, 5.74) is 3.16. The molecule has 0 radical (unpaired) electrons. The molecule has 0 spiro atoms. The normalized spacial score (nSPS) is 10.5. The quantitative estimate of drug-likeness (QED) is 0.758. The number of hydrogen-bond acceptors (Lipinski definition) is 5. The predicted octanol–water partition coefficient (Wildman–Crippen LogP) is 2.89. The molecule has 6 heteroatoms. The Balaban J connectivity index is 1.77. The molecule has 3 rings (SSSR count). The molecule has 0 saturated heterocycles. The van der Waals surface area contributed by atoms with E-state index in [9.17, 15) is 0 Å². The van der Waals surface area contributed by atoms with Gasteiger partial charge in [0.1, 0.15) is 5.82 Å². The number of hydrogen-bond donors (Lipinski definition) is 1. The highest BCUT2D eigenvalue weighted by Crippen LogP contribution is 2.22. The van der Waals surface area contributed by atoms with Crippen molar-refractivity contribution >= 4 is 5.82 Å². The number of ether oxygens (including phenoxy) is 1. The van der Waals surface area contributed by atoms with Gasteiger partial charge in [-0.1, -0.05) is 30.3 Å². The van der Waals surface area contributed by atoms with Crippen LogP contribution in [0.1, 0.15) is 12.5 Å². The van der Waals surface area contributed by atoms with Gasteiger partial charge in [-0.2, -0.15) is 10.1 Å². The minimum absolute atomic E-state index is 0.520. The van der Waals surface area contributed by atoms with E-state index in [0.29, 0.717) is 24.8 Å². The van der Waals surface area contributed by atoms with Crippen LogP contribution >= 0.6 is 0 Å². The molecular formula is C17H19N5O. The first kappa shape index (κ1) is 15.0. The van der Waals surface area contributed by atoms with E-state index in [-0.39, 0.29) is 0 Å². The van der Waals surface area contributed by atoms with Crippen LogP contribution in [0, 0.1) is 0 Å². The van der Waals surface area contributed by atoms with Crippen molar-refractivity contribution in [1.82, 2.24) is 19.7 Å². The highest BCUT2D eigenvalue weighted by atomic mass is 16.5. The van der Waals surface area contributed by atoms with Crippen LogP contribution < -0.4 is 10.1 Å². The number of nitrogens with zero attached hydrogens (tertiary/aromatic N) is 4. The highest BCUT2D eigenvalue weighted by molar-refractivity contribution is 5.63. The Bertz CT molecular complexity index is 770. The Morgan fingerprint density at radius 2 is 2.00 bits per heavy atom. The monoisotopic (exact) mass is 309 g/mol. The van der Waals surface area contributed by atoms with Crippen LogP contribution in [0.15, 0.2) is 48.9 Å². The summed E-state index contributed by atoms with van der Waals surface area (Å²) in [5.74, 6) is 1.20. The fraction of sp³-hybridized carbons (Fsp3) is 0.235. The fourth-order valence-corrected chi connectivity index (χ4v) is 2.34. The summed E-state index contributed by atoms with van der Waals surface area (Å²) in [7, 11) is 1.92. The third-order valence-electron chi connectivity index (χ3n) is 3.32. The van der Waals surface area contributed by atoms with Crippen molar-refractivity contribution in [2.45, 2.75) is 13.5 Å². The molecule has 0 aliphatic heterocycles. The summed E-state index contributed by atoms with van der Waals surface area (Å²) in [6.45, 7) is 3.10. The number of benzene rings is 1. The van der Waals surface area contributed by atoms with E-state index in [1.54, 1.807) is 12.4 Å². The van der Waals surface area contributed by atoms with Gasteiger partial charge in [0.15, 0.2) is 0 Å². The lowest BCUT2D eigenvalue weighted by Gasteiger charge is -2.07. The number of nitrogens with one attached hydrogen (secondary N) is 1. The van der Waals surface area contributed by atoms with E-state index < -0.39 is 0 Å². The molecule has 6 nitrogen and oxygen atoms in total. The molecular weight excluding hydrogens is 290 g/mol. The Labute approximate surface area is 135 Å². The first-order valence-electron chi connectivity index (χ1n) is 7.53. The van der Waals surface area contributed by atoms with Gasteiger partial charge in [0.05, 0.1) is 24.7 Å². The average molecular weight is 309 g/mol. The van der Waals surface area contributed by atoms with E-state index in [4.69, 9.17) is 4.74 Å². The molecule has 23 heavy (non-hydrogen) atoms. The van der Waals surface area contributed by atoms with Gasteiger partial charge in [0.2, 0.25) is 5.88 Å². The summed E-state index contributed by atoms with van der Waals surface area (Å²) in [4.78, 5) is 8.49. The van der Waals surface area contributed by atoms with Crippen LogP contribution in [0.4, 0.5) is 5.82 Å². The van der Waals surface area contributed by atoms with Gasteiger partial charge in [0.25, 0.3) is 0 Å². The minimum atomic E-state index is 0.520. The molecule has 1 N–H and O–H groups in total. The van der Waals surface area contributed by atoms with Gasteiger partial charge in [-0.3, -0.25) is 9.67 Å². The Morgan fingerprint density at radius 1 is 1.17 bits per heavy atom. The van der Waals surface area contributed by atoms with Gasteiger partial charge >= 0.3 is 0 Å². The Hall–Kier alpha value is -2.89. The van der Waals surface area contributed by atoms with E-state index >= 15 is 0 Å². The maximum atomic E-state index is 5.37. The van der Waals surface area contributed by atoms with E-state index in [2.05, 4.69) is 32.5 Å². The van der Waals surface area contributed by atoms with Crippen molar-refractivity contribution in [3.8, 4) is 17.1 Å². The first-order chi connectivity index (χ1) is 11.3. The lowest BCUT2D eigenvalue weighted by molar-refractivity contribution is 0.325. The molecule has 0 amide bonds. The molecule has 1 aromatic carbocycles. The Kier molecular flexibility index (Phi) is 4.52. The minimum Gasteiger partial charge on any atom is -0.477 e. The Morgan fingerprint density at radius 3 is 2.78 bits per heavy atom. The van der Waals surface area contributed by atoms with Crippen LogP contribution in [0.2, 0.25) is 0 Å². The van der Waals surface area contributed by atoms with Crippen molar-refractivity contribution in [3.63, 3.8) is 0 Å². The highest BCUT2D eigenvalue weighted by Gasteiger charge is 2.10. The number of rotatable bonds is 6. The molecule has 0 aliphatic rings. The maximum Gasteiger partial charge on any atom is 0.234 e. The van der Waals surface area contributed by atoms with E-state index in [0.717, 1.165) is 16.8 Å². The molecule has 0 unspecified atom stereocenters. The molecule has 118 valence electrons. The predicted molar refractivity (Wildman–Crippen MR) is 89.2 cm³/mol. The van der Waals surface area contributed by atoms with Crippen molar-refractivity contribution in [2.24, 2.45) is 7.05 Å². The van der Waals surface area contributed by atoms with Gasteiger partial charge in [-0.05, 0) is 6.92 Å². The third kappa shape index (κ3) is 3.66. The molecule has 0 aliphatic carbocycles. The summed E-state index contributed by atoms with van der Waals surface area (Å²) in [5, 5.41) is 7.83. The number of aromatic nitrogens is 4. The lowest BCUT2D eigenvalue weighted by atomic mass is 10.1. The zero-order valence-corrected chi connectivity index (χ0v) is 13.2. The van der Waals surface area contributed by atoms with Gasteiger partial charge in [0, 0.05) is 30.9 Å². The van der Waals surface area contributed by atoms with Crippen molar-refractivity contribution in [1.29, 1.82) is 0 Å². The van der Waals surface area contributed by atoms with Crippen molar-refractivity contribution < 1.29 is 4.74 Å². The van der Waals surface area contributed by atoms with E-state index in [1.807, 2.05) is 43.0 Å². The lowest BCUT2D eigenvalue weighted by Crippen LogP contribution is -2.04. The average Bonchev–Trinajstić information content (AvgIpc) is 2.95. The van der Waals surface area contributed by atoms with E-state index in [1.165, 1.54) is 0 Å². The molecule has 3 aromatic rings. The van der Waals surface area contributed by atoms with Crippen LogP contribution in [0.5, 0.6) is 5.88 Å².